The molecule has 0 aromatic heterocycles. The van der Waals surface area contributed by atoms with Crippen LogP contribution in [0.2, 0.25) is 5.02 Å². The molecule has 0 spiro atoms. The summed E-state index contributed by atoms with van der Waals surface area (Å²) in [5.74, 6) is 0.00508. The van der Waals surface area contributed by atoms with E-state index in [-0.39, 0.29) is 18.3 Å². The summed E-state index contributed by atoms with van der Waals surface area (Å²) >= 11 is 6.11. The number of halogens is 2. The van der Waals surface area contributed by atoms with Gasteiger partial charge in [-0.3, -0.25) is 4.79 Å². The second-order valence-corrected chi connectivity index (χ2v) is 5.86. The van der Waals surface area contributed by atoms with E-state index in [0.717, 1.165) is 11.1 Å². The van der Waals surface area contributed by atoms with Crippen molar-refractivity contribution < 1.29 is 13.9 Å². The highest BCUT2D eigenvalue weighted by Gasteiger charge is 2.15. The minimum atomic E-state index is -0.663. The molecular weight excluding hydrogens is 317 g/mol. The van der Waals surface area contributed by atoms with Crippen LogP contribution in [0.25, 0.3) is 0 Å². The fourth-order valence-electron chi connectivity index (χ4n) is 2.21. The van der Waals surface area contributed by atoms with Gasteiger partial charge in [0, 0.05) is 11.6 Å². The second-order valence-electron chi connectivity index (χ2n) is 5.48. The zero-order valence-corrected chi connectivity index (χ0v) is 14.1. The number of amides is 1. The maximum Gasteiger partial charge on any atom is 0.261 e. The normalized spacial score (nSPS) is 11.9. The van der Waals surface area contributed by atoms with Crippen LogP contribution in [0.4, 0.5) is 4.39 Å². The molecule has 23 heavy (non-hydrogen) atoms. The molecule has 0 aliphatic rings. The average Bonchev–Trinajstić information content (AvgIpc) is 2.50. The Hall–Kier alpha value is -2.07. The third-order valence-electron chi connectivity index (χ3n) is 3.45. The highest BCUT2D eigenvalue weighted by Crippen LogP contribution is 2.26. The van der Waals surface area contributed by atoms with Crippen LogP contribution >= 0.6 is 11.6 Å². The standard InChI is InChI=1S/C18H19ClFNO2/c1-11-7-16(8-12(2)17(11)19)23-13(3)18(22)21-10-14-5-4-6-15(20)9-14/h4-9,13H,10H2,1-3H3,(H,21,22). The van der Waals surface area contributed by atoms with E-state index < -0.39 is 6.10 Å². The lowest BCUT2D eigenvalue weighted by molar-refractivity contribution is -0.127. The number of carbonyl (C=O) groups is 1. The number of ether oxygens (including phenoxy) is 1. The van der Waals surface area contributed by atoms with Crippen LogP contribution in [0.3, 0.4) is 0 Å². The monoisotopic (exact) mass is 335 g/mol. The summed E-state index contributed by atoms with van der Waals surface area (Å²) in [4.78, 5) is 12.1. The van der Waals surface area contributed by atoms with Crippen LogP contribution in [0, 0.1) is 19.7 Å². The first-order chi connectivity index (χ1) is 10.9. The van der Waals surface area contributed by atoms with Crippen LogP contribution in [0.1, 0.15) is 23.6 Å². The predicted molar refractivity (Wildman–Crippen MR) is 89.3 cm³/mol. The minimum Gasteiger partial charge on any atom is -0.481 e. The fourth-order valence-corrected chi connectivity index (χ4v) is 2.32. The highest BCUT2D eigenvalue weighted by atomic mass is 35.5. The molecule has 0 saturated heterocycles. The molecule has 0 bridgehead atoms. The fraction of sp³-hybridized carbons (Fsp3) is 0.278. The Morgan fingerprint density at radius 1 is 1.26 bits per heavy atom. The van der Waals surface area contributed by atoms with Gasteiger partial charge in [0.05, 0.1) is 0 Å². The summed E-state index contributed by atoms with van der Waals surface area (Å²) in [6.07, 6.45) is -0.663. The van der Waals surface area contributed by atoms with E-state index in [4.69, 9.17) is 16.3 Å². The number of benzene rings is 2. The molecule has 122 valence electrons. The van der Waals surface area contributed by atoms with Crippen LogP contribution in [-0.4, -0.2) is 12.0 Å². The molecule has 0 heterocycles. The molecular formula is C18H19ClFNO2. The van der Waals surface area contributed by atoms with Gasteiger partial charge in [0.1, 0.15) is 11.6 Å². The van der Waals surface area contributed by atoms with Crippen molar-refractivity contribution in [3.63, 3.8) is 0 Å². The predicted octanol–water partition coefficient (Wildman–Crippen LogP) is 4.18. The van der Waals surface area contributed by atoms with Crippen molar-refractivity contribution in [2.24, 2.45) is 0 Å². The summed E-state index contributed by atoms with van der Waals surface area (Å²) in [6.45, 7) is 5.69. The Morgan fingerprint density at radius 3 is 2.52 bits per heavy atom. The minimum absolute atomic E-state index is 0.253. The van der Waals surface area contributed by atoms with Gasteiger partial charge >= 0.3 is 0 Å². The maximum atomic E-state index is 13.1. The van der Waals surface area contributed by atoms with E-state index in [0.29, 0.717) is 16.3 Å². The van der Waals surface area contributed by atoms with E-state index in [1.54, 1.807) is 31.2 Å². The molecule has 2 rings (SSSR count). The summed E-state index contributed by atoms with van der Waals surface area (Å²) in [7, 11) is 0. The van der Waals surface area contributed by atoms with Crippen LogP contribution in [0.5, 0.6) is 5.75 Å². The second kappa shape index (κ2) is 7.47. The van der Waals surface area contributed by atoms with Crippen molar-refractivity contribution in [3.8, 4) is 5.75 Å². The smallest absolute Gasteiger partial charge is 0.261 e. The van der Waals surface area contributed by atoms with Gasteiger partial charge in [-0.1, -0.05) is 23.7 Å². The lowest BCUT2D eigenvalue weighted by Crippen LogP contribution is -2.35. The molecule has 0 saturated carbocycles. The van der Waals surface area contributed by atoms with Gasteiger partial charge in [0.2, 0.25) is 0 Å². The van der Waals surface area contributed by atoms with Crippen molar-refractivity contribution in [3.05, 3.63) is 63.9 Å². The van der Waals surface area contributed by atoms with Crippen LogP contribution < -0.4 is 10.1 Å². The quantitative estimate of drug-likeness (QED) is 0.890. The SMILES string of the molecule is Cc1cc(OC(C)C(=O)NCc2cccc(F)c2)cc(C)c1Cl. The molecule has 0 aliphatic carbocycles. The van der Waals surface area contributed by atoms with E-state index in [9.17, 15) is 9.18 Å². The number of hydrogen-bond donors (Lipinski definition) is 1. The molecule has 1 atom stereocenters. The van der Waals surface area contributed by atoms with Crippen molar-refractivity contribution in [2.45, 2.75) is 33.4 Å². The molecule has 5 heteroatoms. The number of rotatable bonds is 5. The molecule has 1 N–H and O–H groups in total. The van der Waals surface area contributed by atoms with Gasteiger partial charge in [0.15, 0.2) is 6.10 Å². The zero-order valence-electron chi connectivity index (χ0n) is 13.3. The van der Waals surface area contributed by atoms with Crippen molar-refractivity contribution in [1.82, 2.24) is 5.32 Å². The number of nitrogens with one attached hydrogen (secondary N) is 1. The first-order valence-corrected chi connectivity index (χ1v) is 7.70. The van der Waals surface area contributed by atoms with E-state index >= 15 is 0 Å². The molecule has 1 unspecified atom stereocenters. The Balaban J connectivity index is 1.95. The lowest BCUT2D eigenvalue weighted by Gasteiger charge is -2.16. The third-order valence-corrected chi connectivity index (χ3v) is 4.04. The largest absolute Gasteiger partial charge is 0.481 e. The molecule has 2 aromatic rings. The Kier molecular flexibility index (Phi) is 5.61. The van der Waals surface area contributed by atoms with Crippen LogP contribution in [-0.2, 0) is 11.3 Å². The third kappa shape index (κ3) is 4.70. The van der Waals surface area contributed by atoms with E-state index in [1.165, 1.54) is 12.1 Å². The van der Waals surface area contributed by atoms with E-state index in [2.05, 4.69) is 5.32 Å². The van der Waals surface area contributed by atoms with Gasteiger partial charge in [0.25, 0.3) is 5.91 Å². The Morgan fingerprint density at radius 2 is 1.91 bits per heavy atom. The molecule has 0 fully saturated rings. The van der Waals surface area contributed by atoms with Crippen molar-refractivity contribution >= 4 is 17.5 Å². The topological polar surface area (TPSA) is 38.3 Å². The number of carbonyl (C=O) groups excluding carboxylic acids is 1. The lowest BCUT2D eigenvalue weighted by atomic mass is 10.1. The Labute approximate surface area is 140 Å². The van der Waals surface area contributed by atoms with Crippen molar-refractivity contribution in [2.75, 3.05) is 0 Å². The van der Waals surface area contributed by atoms with Gasteiger partial charge in [-0.15, -0.1) is 0 Å². The van der Waals surface area contributed by atoms with Gasteiger partial charge in [-0.05, 0) is 61.7 Å². The first-order valence-electron chi connectivity index (χ1n) is 7.32. The van der Waals surface area contributed by atoms with Crippen LogP contribution in [0.15, 0.2) is 36.4 Å². The van der Waals surface area contributed by atoms with E-state index in [1.807, 2.05) is 13.8 Å². The summed E-state index contributed by atoms with van der Waals surface area (Å²) < 4.78 is 18.8. The zero-order chi connectivity index (χ0) is 17.0. The number of aryl methyl sites for hydroxylation is 2. The molecule has 2 aromatic carbocycles. The van der Waals surface area contributed by atoms with Gasteiger partial charge in [-0.25, -0.2) is 4.39 Å². The maximum absolute atomic E-state index is 13.1. The summed E-state index contributed by atoms with van der Waals surface area (Å²) in [5, 5.41) is 3.43. The molecule has 0 radical (unpaired) electrons. The van der Waals surface area contributed by atoms with Gasteiger partial charge < -0.3 is 10.1 Å². The number of hydrogen-bond acceptors (Lipinski definition) is 2. The van der Waals surface area contributed by atoms with Gasteiger partial charge in [-0.2, -0.15) is 0 Å². The first kappa shape index (κ1) is 17.3. The Bertz CT molecular complexity index is 695. The van der Waals surface area contributed by atoms with Crippen molar-refractivity contribution in [1.29, 1.82) is 0 Å². The molecule has 1 amide bonds. The highest BCUT2D eigenvalue weighted by molar-refractivity contribution is 6.32. The summed E-state index contributed by atoms with van der Waals surface area (Å²) in [5.41, 5.74) is 2.49. The molecule has 0 aliphatic heterocycles. The average molecular weight is 336 g/mol. The summed E-state index contributed by atoms with van der Waals surface area (Å²) in [6, 6.07) is 9.70. The molecule has 3 nitrogen and oxygen atoms in total.